The summed E-state index contributed by atoms with van der Waals surface area (Å²) in [7, 11) is 0. The van der Waals surface area contributed by atoms with Gasteiger partial charge in [0.05, 0.1) is 11.0 Å². The lowest BCUT2D eigenvalue weighted by molar-refractivity contribution is 0.422. The summed E-state index contributed by atoms with van der Waals surface area (Å²) >= 11 is 0. The number of benzene rings is 2. The van der Waals surface area contributed by atoms with Gasteiger partial charge in [0.15, 0.2) is 0 Å². The molecule has 0 amide bonds. The van der Waals surface area contributed by atoms with Gasteiger partial charge < -0.3 is 4.52 Å². The Balaban J connectivity index is 1.61. The molecule has 2 aromatic carbocycles. The molecule has 4 aromatic rings. The normalized spacial score (nSPS) is 14.4. The maximum absolute atomic E-state index is 4.94. The van der Waals surface area contributed by atoms with Gasteiger partial charge in [-0.1, -0.05) is 23.4 Å². The molecule has 1 aliphatic carbocycles. The van der Waals surface area contributed by atoms with E-state index >= 15 is 0 Å². The minimum Gasteiger partial charge on any atom is -0.364 e. The zero-order valence-corrected chi connectivity index (χ0v) is 12.5. The van der Waals surface area contributed by atoms with Crippen LogP contribution in [0.4, 0.5) is 0 Å². The van der Waals surface area contributed by atoms with Crippen molar-refractivity contribution in [1.82, 2.24) is 14.7 Å². The fourth-order valence-electron chi connectivity index (χ4n) is 3.08. The SMILES string of the molecule is c1cc(-c2ccon2)cc(-n2cnc3cc(C4CC4)ccc32)c1. The molecule has 112 valence electrons. The Hall–Kier alpha value is -2.88. The highest BCUT2D eigenvalue weighted by Crippen LogP contribution is 2.40. The summed E-state index contributed by atoms with van der Waals surface area (Å²) in [5.41, 5.74) is 6.55. The van der Waals surface area contributed by atoms with Gasteiger partial charge in [-0.05, 0) is 48.6 Å². The molecular weight excluding hydrogens is 286 g/mol. The number of hydrogen-bond acceptors (Lipinski definition) is 3. The largest absolute Gasteiger partial charge is 0.364 e. The highest BCUT2D eigenvalue weighted by atomic mass is 16.5. The topological polar surface area (TPSA) is 43.9 Å². The Labute approximate surface area is 133 Å². The summed E-state index contributed by atoms with van der Waals surface area (Å²) in [6.45, 7) is 0. The molecule has 0 bridgehead atoms. The van der Waals surface area contributed by atoms with Crippen molar-refractivity contribution in [2.45, 2.75) is 18.8 Å². The Bertz CT molecular complexity index is 981. The minimum atomic E-state index is 0.750. The van der Waals surface area contributed by atoms with Crippen molar-refractivity contribution in [1.29, 1.82) is 0 Å². The number of aromatic nitrogens is 3. The summed E-state index contributed by atoms with van der Waals surface area (Å²) < 4.78 is 7.06. The highest BCUT2D eigenvalue weighted by molar-refractivity contribution is 5.79. The van der Waals surface area contributed by atoms with Gasteiger partial charge in [-0.15, -0.1) is 0 Å². The number of nitrogens with zero attached hydrogens (tertiary/aromatic N) is 3. The van der Waals surface area contributed by atoms with Crippen LogP contribution in [0.5, 0.6) is 0 Å². The number of fused-ring (bicyclic) bond motifs is 1. The molecule has 5 rings (SSSR count). The fourth-order valence-corrected chi connectivity index (χ4v) is 3.08. The number of rotatable bonds is 3. The van der Waals surface area contributed by atoms with E-state index in [0.717, 1.165) is 33.9 Å². The Kier molecular flexibility index (Phi) is 2.65. The predicted octanol–water partition coefficient (Wildman–Crippen LogP) is 4.56. The Morgan fingerprint density at radius 2 is 2.00 bits per heavy atom. The first-order valence-corrected chi connectivity index (χ1v) is 7.87. The van der Waals surface area contributed by atoms with Crippen LogP contribution in [0.15, 0.2) is 65.6 Å². The van der Waals surface area contributed by atoms with E-state index in [1.165, 1.54) is 18.4 Å². The van der Waals surface area contributed by atoms with E-state index in [9.17, 15) is 0 Å². The standard InChI is InChI=1S/C19H15N3O/c1-2-15(17-8-9-23-21-17)10-16(3-1)22-12-20-18-11-14(13-4-5-13)6-7-19(18)22/h1-3,6-13H,4-5H2. The first-order chi connectivity index (χ1) is 11.4. The second-order valence-electron chi connectivity index (χ2n) is 6.07. The molecule has 0 unspecified atom stereocenters. The summed E-state index contributed by atoms with van der Waals surface area (Å²) in [6.07, 6.45) is 6.11. The van der Waals surface area contributed by atoms with E-state index < -0.39 is 0 Å². The first-order valence-electron chi connectivity index (χ1n) is 7.87. The zero-order chi connectivity index (χ0) is 15.2. The molecule has 1 fully saturated rings. The van der Waals surface area contributed by atoms with E-state index in [2.05, 4.69) is 45.0 Å². The molecule has 1 saturated carbocycles. The first kappa shape index (κ1) is 12.6. The molecule has 0 aliphatic heterocycles. The van der Waals surface area contributed by atoms with Gasteiger partial charge in [0.25, 0.3) is 0 Å². The molecule has 2 heterocycles. The van der Waals surface area contributed by atoms with Gasteiger partial charge in [0, 0.05) is 17.3 Å². The van der Waals surface area contributed by atoms with Crippen LogP contribution in [-0.4, -0.2) is 14.7 Å². The molecule has 1 aliphatic rings. The third-order valence-corrected chi connectivity index (χ3v) is 4.48. The number of hydrogen-bond donors (Lipinski definition) is 0. The lowest BCUT2D eigenvalue weighted by Crippen LogP contribution is -1.92. The molecule has 0 spiro atoms. The summed E-state index contributed by atoms with van der Waals surface area (Å²) in [5, 5.41) is 4.01. The average Bonchev–Trinajstić information content (AvgIpc) is 3.14. The van der Waals surface area contributed by atoms with Crippen LogP contribution in [-0.2, 0) is 0 Å². The van der Waals surface area contributed by atoms with Crippen LogP contribution >= 0.6 is 0 Å². The molecule has 0 radical (unpaired) electrons. The second-order valence-corrected chi connectivity index (χ2v) is 6.07. The van der Waals surface area contributed by atoms with E-state index in [1.54, 1.807) is 6.26 Å². The third-order valence-electron chi connectivity index (χ3n) is 4.48. The van der Waals surface area contributed by atoms with E-state index in [4.69, 9.17) is 4.52 Å². The molecule has 2 aromatic heterocycles. The predicted molar refractivity (Wildman–Crippen MR) is 88.5 cm³/mol. The Morgan fingerprint density at radius 3 is 2.83 bits per heavy atom. The maximum Gasteiger partial charge on any atom is 0.124 e. The van der Waals surface area contributed by atoms with Crippen molar-refractivity contribution in [2.75, 3.05) is 0 Å². The van der Waals surface area contributed by atoms with Crippen molar-refractivity contribution >= 4 is 11.0 Å². The highest BCUT2D eigenvalue weighted by Gasteiger charge is 2.23. The lowest BCUT2D eigenvalue weighted by Gasteiger charge is -2.06. The van der Waals surface area contributed by atoms with E-state index in [-0.39, 0.29) is 0 Å². The van der Waals surface area contributed by atoms with E-state index in [1.807, 2.05) is 24.5 Å². The molecule has 0 atom stereocenters. The number of imidazole rings is 1. The van der Waals surface area contributed by atoms with Crippen molar-refractivity contribution in [2.24, 2.45) is 0 Å². The average molecular weight is 301 g/mol. The quantitative estimate of drug-likeness (QED) is 0.557. The van der Waals surface area contributed by atoms with Gasteiger partial charge >= 0.3 is 0 Å². The summed E-state index contributed by atoms with van der Waals surface area (Å²) in [5.74, 6) is 0.750. The monoisotopic (exact) mass is 301 g/mol. The Morgan fingerprint density at radius 1 is 1.04 bits per heavy atom. The smallest absolute Gasteiger partial charge is 0.124 e. The minimum absolute atomic E-state index is 0.750. The second kappa shape index (κ2) is 4.81. The van der Waals surface area contributed by atoms with Crippen LogP contribution in [0.3, 0.4) is 0 Å². The molecule has 23 heavy (non-hydrogen) atoms. The van der Waals surface area contributed by atoms with Crippen LogP contribution in [0.25, 0.3) is 28.0 Å². The van der Waals surface area contributed by atoms with Gasteiger partial charge in [-0.25, -0.2) is 4.98 Å². The molecule has 4 heteroatoms. The molecular formula is C19H15N3O. The molecule has 0 N–H and O–H groups in total. The van der Waals surface area contributed by atoms with Crippen molar-refractivity contribution in [3.05, 3.63) is 66.7 Å². The van der Waals surface area contributed by atoms with Gasteiger partial charge in [-0.2, -0.15) is 0 Å². The van der Waals surface area contributed by atoms with Crippen LogP contribution in [0, 0.1) is 0 Å². The molecule has 4 nitrogen and oxygen atoms in total. The van der Waals surface area contributed by atoms with Crippen molar-refractivity contribution < 1.29 is 4.52 Å². The third kappa shape index (κ3) is 2.14. The zero-order valence-electron chi connectivity index (χ0n) is 12.5. The fraction of sp³-hybridized carbons (Fsp3) is 0.158. The van der Waals surface area contributed by atoms with E-state index in [0.29, 0.717) is 0 Å². The lowest BCUT2D eigenvalue weighted by atomic mass is 10.1. The summed E-state index contributed by atoms with van der Waals surface area (Å²) in [6, 6.07) is 16.8. The van der Waals surface area contributed by atoms with Gasteiger partial charge in [-0.3, -0.25) is 4.57 Å². The van der Waals surface area contributed by atoms with Crippen molar-refractivity contribution in [3.8, 4) is 16.9 Å². The maximum atomic E-state index is 4.94. The van der Waals surface area contributed by atoms with Crippen LogP contribution in [0.1, 0.15) is 24.3 Å². The van der Waals surface area contributed by atoms with Gasteiger partial charge in [0.1, 0.15) is 18.3 Å². The molecule has 0 saturated heterocycles. The van der Waals surface area contributed by atoms with Gasteiger partial charge in [0.2, 0.25) is 0 Å². The van der Waals surface area contributed by atoms with Crippen LogP contribution < -0.4 is 0 Å². The van der Waals surface area contributed by atoms with Crippen LogP contribution in [0.2, 0.25) is 0 Å². The van der Waals surface area contributed by atoms with Crippen molar-refractivity contribution in [3.63, 3.8) is 0 Å². The summed E-state index contributed by atoms with van der Waals surface area (Å²) in [4.78, 5) is 4.59.